The first-order valence-corrected chi connectivity index (χ1v) is 6.37. The maximum Gasteiger partial charge on any atom is 0.0390 e. The second-order valence-corrected chi connectivity index (χ2v) is 4.89. The van der Waals surface area contributed by atoms with Crippen LogP contribution in [0, 0.1) is 5.92 Å². The minimum atomic E-state index is 0.346. The van der Waals surface area contributed by atoms with Gasteiger partial charge < -0.3 is 5.73 Å². The van der Waals surface area contributed by atoms with Gasteiger partial charge in [-0.05, 0) is 35.7 Å². The Hall–Kier alpha value is -1.64. The molecule has 0 aromatic carbocycles. The summed E-state index contributed by atoms with van der Waals surface area (Å²) in [5, 5.41) is 0. The zero-order chi connectivity index (χ0) is 13.5. The van der Waals surface area contributed by atoms with E-state index in [0.29, 0.717) is 11.8 Å². The lowest BCUT2D eigenvalue weighted by Crippen LogP contribution is -2.12. The highest BCUT2D eigenvalue weighted by Gasteiger charge is 2.09. The molecule has 0 aliphatic carbocycles. The largest absolute Gasteiger partial charge is 0.405 e. The van der Waals surface area contributed by atoms with Crippen molar-refractivity contribution in [3.05, 3.63) is 41.9 Å². The van der Waals surface area contributed by atoms with Crippen molar-refractivity contribution in [2.75, 3.05) is 7.05 Å². The lowest BCUT2D eigenvalue weighted by molar-refractivity contribution is 0.758. The van der Waals surface area contributed by atoms with E-state index in [4.69, 9.17) is 5.73 Å². The Morgan fingerprint density at radius 1 is 1.39 bits per heavy atom. The van der Waals surface area contributed by atoms with Gasteiger partial charge in [0.05, 0.1) is 0 Å². The van der Waals surface area contributed by atoms with E-state index in [-0.39, 0.29) is 0 Å². The third-order valence-electron chi connectivity index (χ3n) is 3.05. The Labute approximate surface area is 110 Å². The summed E-state index contributed by atoms with van der Waals surface area (Å²) in [4.78, 5) is 8.57. The molecule has 0 unspecified atom stereocenters. The Balaban J connectivity index is 2.81. The number of hydrogen-bond donors (Lipinski definition) is 1. The third kappa shape index (κ3) is 3.99. The summed E-state index contributed by atoms with van der Waals surface area (Å²) in [6.45, 7) is 6.52. The van der Waals surface area contributed by atoms with E-state index in [1.165, 1.54) is 11.1 Å². The number of nitrogens with two attached hydrogens (primary N) is 1. The molecule has 2 N–H and O–H groups in total. The van der Waals surface area contributed by atoms with Crippen molar-refractivity contribution in [1.82, 2.24) is 4.98 Å². The monoisotopic (exact) mass is 245 g/mol. The topological polar surface area (TPSA) is 51.3 Å². The zero-order valence-electron chi connectivity index (χ0n) is 11.7. The molecule has 1 heterocycles. The number of pyridine rings is 1. The summed E-state index contributed by atoms with van der Waals surface area (Å²) < 4.78 is 0. The van der Waals surface area contributed by atoms with Crippen molar-refractivity contribution in [2.45, 2.75) is 33.1 Å². The number of aliphatic imine (C=N–C) groups is 1. The van der Waals surface area contributed by atoms with Crippen LogP contribution in [0.3, 0.4) is 0 Å². The van der Waals surface area contributed by atoms with Gasteiger partial charge in [-0.25, -0.2) is 0 Å². The molecule has 0 saturated heterocycles. The molecule has 1 rings (SSSR count). The fourth-order valence-corrected chi connectivity index (χ4v) is 1.95. The van der Waals surface area contributed by atoms with Gasteiger partial charge in [0.2, 0.25) is 0 Å². The molecule has 0 amide bonds. The summed E-state index contributed by atoms with van der Waals surface area (Å²) >= 11 is 0. The van der Waals surface area contributed by atoms with Crippen LogP contribution < -0.4 is 5.73 Å². The Kier molecular flexibility index (Phi) is 5.56. The molecule has 0 spiro atoms. The lowest BCUT2D eigenvalue weighted by Gasteiger charge is -2.13. The molecule has 0 bridgehead atoms. The van der Waals surface area contributed by atoms with Crippen LogP contribution >= 0.6 is 0 Å². The smallest absolute Gasteiger partial charge is 0.0390 e. The first kappa shape index (κ1) is 14.4. The van der Waals surface area contributed by atoms with Crippen LogP contribution in [0.1, 0.15) is 37.8 Å². The number of hydrogen-bond acceptors (Lipinski definition) is 3. The normalized spacial score (nSPS) is 14.4. The molecule has 3 nitrogen and oxygen atoms in total. The molecule has 98 valence electrons. The van der Waals surface area contributed by atoms with E-state index in [1.807, 2.05) is 18.5 Å². The summed E-state index contributed by atoms with van der Waals surface area (Å²) in [6, 6.07) is 2.23. The standard InChI is InChI=1S/C15H23N3/c1-11(2)14-8-13(9-18-10-14)7-12(3)15(17-4)5-6-16/h5-6,8-12H,7,16H2,1-4H3/t12-/m1/s1. The minimum Gasteiger partial charge on any atom is -0.405 e. The highest BCUT2D eigenvalue weighted by molar-refractivity contribution is 5.96. The van der Waals surface area contributed by atoms with Gasteiger partial charge in [0, 0.05) is 31.1 Å². The van der Waals surface area contributed by atoms with Crippen molar-refractivity contribution in [2.24, 2.45) is 16.6 Å². The van der Waals surface area contributed by atoms with Gasteiger partial charge in [0.15, 0.2) is 0 Å². The van der Waals surface area contributed by atoms with Crippen LogP contribution in [-0.4, -0.2) is 17.7 Å². The summed E-state index contributed by atoms with van der Waals surface area (Å²) in [5.74, 6) is 0.856. The Morgan fingerprint density at radius 2 is 2.11 bits per heavy atom. The van der Waals surface area contributed by atoms with Crippen LogP contribution in [0.5, 0.6) is 0 Å². The van der Waals surface area contributed by atoms with E-state index >= 15 is 0 Å². The number of rotatable bonds is 5. The van der Waals surface area contributed by atoms with Crippen LogP contribution in [0.2, 0.25) is 0 Å². The van der Waals surface area contributed by atoms with Gasteiger partial charge in [-0.3, -0.25) is 9.98 Å². The average Bonchev–Trinajstić information content (AvgIpc) is 2.36. The predicted octanol–water partition coefficient (Wildman–Crippen LogP) is 2.93. The van der Waals surface area contributed by atoms with Gasteiger partial charge in [-0.2, -0.15) is 0 Å². The van der Waals surface area contributed by atoms with Crippen molar-refractivity contribution < 1.29 is 0 Å². The molecular formula is C15H23N3. The number of allylic oxidation sites excluding steroid dienone is 1. The molecule has 0 saturated carbocycles. The zero-order valence-corrected chi connectivity index (χ0v) is 11.7. The second-order valence-electron chi connectivity index (χ2n) is 4.89. The maximum atomic E-state index is 5.43. The van der Waals surface area contributed by atoms with Gasteiger partial charge in [0.1, 0.15) is 0 Å². The van der Waals surface area contributed by atoms with E-state index in [0.717, 1.165) is 12.1 Å². The molecule has 1 aromatic heterocycles. The summed E-state index contributed by atoms with van der Waals surface area (Å²) in [7, 11) is 1.80. The van der Waals surface area contributed by atoms with E-state index < -0.39 is 0 Å². The van der Waals surface area contributed by atoms with Crippen molar-refractivity contribution >= 4 is 5.71 Å². The van der Waals surface area contributed by atoms with Crippen LogP contribution in [0.15, 0.2) is 35.7 Å². The number of nitrogens with zero attached hydrogens (tertiary/aromatic N) is 2. The SMILES string of the molecule is CN=C(C=CN)[C@H](C)Cc1cncc(C(C)C)c1. The molecule has 0 aliphatic rings. The van der Waals surface area contributed by atoms with Crippen LogP contribution in [0.4, 0.5) is 0 Å². The molecule has 1 atom stereocenters. The first-order valence-electron chi connectivity index (χ1n) is 6.37. The van der Waals surface area contributed by atoms with Crippen molar-refractivity contribution in [3.8, 4) is 0 Å². The van der Waals surface area contributed by atoms with Crippen molar-refractivity contribution in [1.29, 1.82) is 0 Å². The maximum absolute atomic E-state index is 5.43. The van der Waals surface area contributed by atoms with E-state index in [9.17, 15) is 0 Å². The van der Waals surface area contributed by atoms with Gasteiger partial charge >= 0.3 is 0 Å². The van der Waals surface area contributed by atoms with E-state index in [2.05, 4.69) is 36.8 Å². The number of aromatic nitrogens is 1. The lowest BCUT2D eigenvalue weighted by atomic mass is 9.95. The average molecular weight is 245 g/mol. The molecule has 0 fully saturated rings. The molecule has 18 heavy (non-hydrogen) atoms. The molecule has 0 radical (unpaired) electrons. The third-order valence-corrected chi connectivity index (χ3v) is 3.05. The Bertz CT molecular complexity index is 433. The highest BCUT2D eigenvalue weighted by atomic mass is 14.7. The highest BCUT2D eigenvalue weighted by Crippen LogP contribution is 2.17. The van der Waals surface area contributed by atoms with Crippen molar-refractivity contribution in [3.63, 3.8) is 0 Å². The molecule has 3 heteroatoms. The quantitative estimate of drug-likeness (QED) is 0.811. The van der Waals surface area contributed by atoms with Gasteiger partial charge in [-0.1, -0.05) is 26.8 Å². The fourth-order valence-electron chi connectivity index (χ4n) is 1.95. The van der Waals surface area contributed by atoms with Crippen LogP contribution in [0.25, 0.3) is 0 Å². The first-order chi connectivity index (χ1) is 8.58. The van der Waals surface area contributed by atoms with Gasteiger partial charge in [0.25, 0.3) is 0 Å². The second kappa shape index (κ2) is 6.94. The van der Waals surface area contributed by atoms with E-state index in [1.54, 1.807) is 13.2 Å². The fraction of sp³-hybridized carbons (Fsp3) is 0.467. The molecule has 0 aliphatic heterocycles. The van der Waals surface area contributed by atoms with Crippen LogP contribution in [-0.2, 0) is 6.42 Å². The van der Waals surface area contributed by atoms with Gasteiger partial charge in [-0.15, -0.1) is 0 Å². The summed E-state index contributed by atoms with van der Waals surface area (Å²) in [6.07, 6.45) is 8.21. The predicted molar refractivity (Wildman–Crippen MR) is 77.9 cm³/mol. The minimum absolute atomic E-state index is 0.346. The molecule has 1 aromatic rings. The Morgan fingerprint density at radius 3 is 2.67 bits per heavy atom. The molecular weight excluding hydrogens is 222 g/mol. The summed E-state index contributed by atoms with van der Waals surface area (Å²) in [5.41, 5.74) is 8.98.